The maximum atomic E-state index is 12.4. The van der Waals surface area contributed by atoms with E-state index in [9.17, 15) is 4.79 Å². The highest BCUT2D eigenvalue weighted by atomic mass is 16.6. The van der Waals surface area contributed by atoms with Gasteiger partial charge in [0.15, 0.2) is 0 Å². The first-order valence-corrected chi connectivity index (χ1v) is 9.79. The van der Waals surface area contributed by atoms with Crippen molar-refractivity contribution in [2.24, 2.45) is 34.5 Å². The molecule has 4 rings (SSSR count). The highest BCUT2D eigenvalue weighted by molar-refractivity contribution is 5.76. The molecule has 3 saturated carbocycles. The van der Waals surface area contributed by atoms with Crippen molar-refractivity contribution in [1.29, 1.82) is 0 Å². The Hall–Kier alpha value is -0.790. The summed E-state index contributed by atoms with van der Waals surface area (Å²) in [5, 5.41) is 0. The molecule has 0 amide bonds. The molecule has 0 radical (unpaired) electrons. The maximum absolute atomic E-state index is 12.4. The minimum absolute atomic E-state index is 0.106. The van der Waals surface area contributed by atoms with Crippen LogP contribution in [0.3, 0.4) is 0 Å². The van der Waals surface area contributed by atoms with Crippen LogP contribution in [0.1, 0.15) is 72.1 Å². The summed E-state index contributed by atoms with van der Waals surface area (Å²) in [7, 11) is 0. The maximum Gasteiger partial charge on any atom is 0.309 e. The lowest BCUT2D eigenvalue weighted by Gasteiger charge is -2.54. The lowest BCUT2D eigenvalue weighted by atomic mass is 9.49. The average molecular weight is 316 g/mol. The molecular weight excluding hydrogens is 284 g/mol. The molecule has 0 spiro atoms. The van der Waals surface area contributed by atoms with Crippen molar-refractivity contribution < 1.29 is 9.53 Å². The van der Waals surface area contributed by atoms with Gasteiger partial charge in [0.1, 0.15) is 6.10 Å². The van der Waals surface area contributed by atoms with Crippen LogP contribution in [-0.4, -0.2) is 12.1 Å². The predicted molar refractivity (Wildman–Crippen MR) is 91.8 cm³/mol. The second-order valence-electron chi connectivity index (χ2n) is 9.28. The minimum atomic E-state index is 0.106. The summed E-state index contributed by atoms with van der Waals surface area (Å²) in [5.74, 6) is 2.49. The quantitative estimate of drug-likeness (QED) is 0.521. The van der Waals surface area contributed by atoms with E-state index in [1.165, 1.54) is 44.1 Å². The van der Waals surface area contributed by atoms with Crippen molar-refractivity contribution in [2.75, 3.05) is 0 Å². The molecule has 2 nitrogen and oxygen atoms in total. The second kappa shape index (κ2) is 5.10. The molecule has 3 aliphatic carbocycles. The van der Waals surface area contributed by atoms with Gasteiger partial charge in [-0.25, -0.2) is 0 Å². The van der Waals surface area contributed by atoms with Gasteiger partial charge < -0.3 is 4.74 Å². The largest absolute Gasteiger partial charge is 0.462 e. The number of carbonyl (C=O) groups excluding carboxylic acids is 1. The van der Waals surface area contributed by atoms with E-state index < -0.39 is 0 Å². The molecule has 1 heterocycles. The Balaban J connectivity index is 1.66. The normalized spacial score (nSPS) is 52.4. The average Bonchev–Trinajstić information content (AvgIpc) is 3.01. The predicted octanol–water partition coefficient (Wildman–Crippen LogP) is 5.13. The lowest BCUT2D eigenvalue weighted by Crippen LogP contribution is -2.49. The summed E-state index contributed by atoms with van der Waals surface area (Å²) in [6, 6.07) is 0. The summed E-state index contributed by atoms with van der Waals surface area (Å²) in [4.78, 5) is 12.4. The van der Waals surface area contributed by atoms with E-state index in [0.29, 0.717) is 11.3 Å². The molecule has 1 saturated heterocycles. The highest BCUT2D eigenvalue weighted by Gasteiger charge is 2.59. The van der Waals surface area contributed by atoms with Gasteiger partial charge in [0.25, 0.3) is 0 Å². The van der Waals surface area contributed by atoms with Crippen LogP contribution in [0.25, 0.3) is 0 Å². The van der Waals surface area contributed by atoms with Crippen LogP contribution in [0.2, 0.25) is 0 Å². The zero-order valence-corrected chi connectivity index (χ0v) is 15.1. The molecule has 4 aliphatic rings. The van der Waals surface area contributed by atoms with Crippen LogP contribution in [0.5, 0.6) is 0 Å². The molecular formula is C21H32O2. The first-order chi connectivity index (χ1) is 10.9. The number of allylic oxidation sites excluding steroid dienone is 1. The van der Waals surface area contributed by atoms with E-state index in [4.69, 9.17) is 4.74 Å². The molecule has 2 bridgehead atoms. The molecule has 128 valence electrons. The molecule has 0 N–H and O–H groups in total. The van der Waals surface area contributed by atoms with Crippen LogP contribution in [-0.2, 0) is 9.53 Å². The Labute approximate surface area is 141 Å². The van der Waals surface area contributed by atoms with Gasteiger partial charge in [-0.2, -0.15) is 0 Å². The molecule has 4 fully saturated rings. The third kappa shape index (κ3) is 2.02. The van der Waals surface area contributed by atoms with Gasteiger partial charge in [-0.05, 0) is 73.5 Å². The number of ether oxygens (including phenoxy) is 1. The SMILES string of the molecule is C=C1CC[C@H]2[C@H](CC)[C@@H]([C@@]3(C)CC[C@H]4C[C@@H]3C(=O)O4)CC[C@]12C. The van der Waals surface area contributed by atoms with Gasteiger partial charge in [-0.15, -0.1) is 0 Å². The fourth-order valence-electron chi connectivity index (χ4n) is 7.04. The number of hydrogen-bond donors (Lipinski definition) is 0. The fraction of sp³-hybridized carbons (Fsp3) is 0.857. The zero-order chi connectivity index (χ0) is 16.4. The van der Waals surface area contributed by atoms with Gasteiger partial charge in [-0.3, -0.25) is 4.79 Å². The van der Waals surface area contributed by atoms with E-state index >= 15 is 0 Å². The van der Waals surface area contributed by atoms with Crippen molar-refractivity contribution in [3.8, 4) is 0 Å². The highest BCUT2D eigenvalue weighted by Crippen LogP contribution is 2.64. The van der Waals surface area contributed by atoms with Gasteiger partial charge in [0, 0.05) is 0 Å². The molecule has 0 aromatic rings. The van der Waals surface area contributed by atoms with Gasteiger partial charge in [0.05, 0.1) is 5.92 Å². The van der Waals surface area contributed by atoms with E-state index in [2.05, 4.69) is 27.4 Å². The number of esters is 1. The summed E-state index contributed by atoms with van der Waals surface area (Å²) >= 11 is 0. The first kappa shape index (κ1) is 15.7. The zero-order valence-electron chi connectivity index (χ0n) is 15.1. The van der Waals surface area contributed by atoms with Crippen LogP contribution in [0.15, 0.2) is 12.2 Å². The fourth-order valence-corrected chi connectivity index (χ4v) is 7.04. The van der Waals surface area contributed by atoms with E-state index in [0.717, 1.165) is 24.7 Å². The number of hydrogen-bond acceptors (Lipinski definition) is 2. The van der Waals surface area contributed by atoms with Crippen molar-refractivity contribution in [1.82, 2.24) is 0 Å². The first-order valence-electron chi connectivity index (χ1n) is 9.79. The van der Waals surface area contributed by atoms with Crippen molar-refractivity contribution in [2.45, 2.75) is 78.2 Å². The van der Waals surface area contributed by atoms with Crippen molar-refractivity contribution >= 4 is 5.97 Å². The van der Waals surface area contributed by atoms with Gasteiger partial charge in [0.2, 0.25) is 0 Å². The monoisotopic (exact) mass is 316 g/mol. The van der Waals surface area contributed by atoms with Crippen LogP contribution >= 0.6 is 0 Å². The third-order valence-corrected chi connectivity index (χ3v) is 8.58. The Morgan fingerprint density at radius 2 is 1.96 bits per heavy atom. The van der Waals surface area contributed by atoms with Crippen LogP contribution in [0.4, 0.5) is 0 Å². The Bertz CT molecular complexity index is 538. The molecule has 1 aliphatic heterocycles. The van der Waals surface area contributed by atoms with E-state index in [1.807, 2.05) is 0 Å². The van der Waals surface area contributed by atoms with E-state index in [-0.39, 0.29) is 23.4 Å². The summed E-state index contributed by atoms with van der Waals surface area (Å²) < 4.78 is 5.61. The Morgan fingerprint density at radius 3 is 2.70 bits per heavy atom. The Kier molecular flexibility index (Phi) is 3.49. The summed E-state index contributed by atoms with van der Waals surface area (Å²) in [5.41, 5.74) is 2.02. The molecule has 0 aromatic heterocycles. The lowest BCUT2D eigenvalue weighted by molar-refractivity contribution is -0.147. The molecule has 0 aromatic carbocycles. The molecule has 0 unspecified atom stereocenters. The molecule has 7 atom stereocenters. The van der Waals surface area contributed by atoms with Crippen LogP contribution < -0.4 is 0 Å². The topological polar surface area (TPSA) is 26.3 Å². The number of carbonyl (C=O) groups is 1. The molecule has 23 heavy (non-hydrogen) atoms. The third-order valence-electron chi connectivity index (χ3n) is 8.58. The van der Waals surface area contributed by atoms with Crippen LogP contribution in [0, 0.1) is 34.5 Å². The van der Waals surface area contributed by atoms with Gasteiger partial charge >= 0.3 is 5.97 Å². The second-order valence-corrected chi connectivity index (χ2v) is 9.28. The van der Waals surface area contributed by atoms with Crippen molar-refractivity contribution in [3.05, 3.63) is 12.2 Å². The van der Waals surface area contributed by atoms with Crippen molar-refractivity contribution in [3.63, 3.8) is 0 Å². The molecule has 2 heteroatoms. The minimum Gasteiger partial charge on any atom is -0.462 e. The summed E-state index contributed by atoms with van der Waals surface area (Å²) in [6.07, 6.45) is 9.80. The Morgan fingerprint density at radius 1 is 1.17 bits per heavy atom. The van der Waals surface area contributed by atoms with E-state index in [1.54, 1.807) is 0 Å². The standard InChI is InChI=1S/C21H32O2/c1-5-15-16-7-6-13(2)20(16,3)11-9-17(15)21(4)10-8-14-12-18(21)19(22)23-14/h14-18H,2,5-12H2,1,3-4H3/t14-,15-,16-,17-,18+,20+,21+/m0/s1. The smallest absolute Gasteiger partial charge is 0.309 e. The number of fused-ring (bicyclic) bond motifs is 3. The number of rotatable bonds is 2. The summed E-state index contributed by atoms with van der Waals surface area (Å²) in [6.45, 7) is 11.7. The van der Waals surface area contributed by atoms with Gasteiger partial charge in [-0.1, -0.05) is 39.3 Å².